The normalized spacial score (nSPS) is 14.4. The second kappa shape index (κ2) is 5.05. The highest BCUT2D eigenvalue weighted by Gasteiger charge is 2.20. The lowest BCUT2D eigenvalue weighted by Gasteiger charge is -2.00. The molecule has 1 aliphatic carbocycles. The fourth-order valence-corrected chi connectivity index (χ4v) is 1.98. The SMILES string of the molecule is O=[N+]([O-])c1cc(F)cc(-c2ccc(CNC3CC3)o2)c1. The summed E-state index contributed by atoms with van der Waals surface area (Å²) >= 11 is 0. The van der Waals surface area contributed by atoms with Crippen molar-refractivity contribution in [2.75, 3.05) is 0 Å². The van der Waals surface area contributed by atoms with Crippen LogP contribution in [-0.2, 0) is 6.54 Å². The molecule has 1 aromatic carbocycles. The summed E-state index contributed by atoms with van der Waals surface area (Å²) in [5, 5.41) is 14.0. The molecule has 20 heavy (non-hydrogen) atoms. The van der Waals surface area contributed by atoms with Gasteiger partial charge in [-0.25, -0.2) is 4.39 Å². The predicted molar refractivity (Wildman–Crippen MR) is 70.6 cm³/mol. The lowest BCUT2D eigenvalue weighted by atomic mass is 10.1. The van der Waals surface area contributed by atoms with E-state index in [1.165, 1.54) is 25.0 Å². The second-order valence-corrected chi connectivity index (χ2v) is 4.88. The van der Waals surface area contributed by atoms with E-state index < -0.39 is 10.7 Å². The van der Waals surface area contributed by atoms with E-state index in [0.717, 1.165) is 11.8 Å². The summed E-state index contributed by atoms with van der Waals surface area (Å²) in [6, 6.07) is 7.48. The third kappa shape index (κ3) is 2.85. The van der Waals surface area contributed by atoms with Crippen LogP contribution in [0.25, 0.3) is 11.3 Å². The summed E-state index contributed by atoms with van der Waals surface area (Å²) in [6.07, 6.45) is 2.37. The highest BCUT2D eigenvalue weighted by Crippen LogP contribution is 2.27. The molecule has 0 aliphatic heterocycles. The van der Waals surface area contributed by atoms with E-state index >= 15 is 0 Å². The number of hydrogen-bond donors (Lipinski definition) is 1. The first kappa shape index (κ1) is 12.8. The number of furan rings is 1. The van der Waals surface area contributed by atoms with Crippen LogP contribution in [0.3, 0.4) is 0 Å². The topological polar surface area (TPSA) is 68.3 Å². The van der Waals surface area contributed by atoms with Gasteiger partial charge < -0.3 is 9.73 Å². The summed E-state index contributed by atoms with van der Waals surface area (Å²) in [5.41, 5.74) is 0.0865. The van der Waals surface area contributed by atoms with E-state index in [2.05, 4.69) is 5.32 Å². The van der Waals surface area contributed by atoms with Crippen molar-refractivity contribution in [3.63, 3.8) is 0 Å². The van der Waals surface area contributed by atoms with Gasteiger partial charge in [0.1, 0.15) is 17.3 Å². The minimum atomic E-state index is -0.650. The zero-order chi connectivity index (χ0) is 14.1. The molecule has 0 bridgehead atoms. The molecular weight excluding hydrogens is 263 g/mol. The third-order valence-electron chi connectivity index (χ3n) is 3.18. The highest BCUT2D eigenvalue weighted by atomic mass is 19.1. The average Bonchev–Trinajstić information content (AvgIpc) is 3.12. The first-order chi connectivity index (χ1) is 9.61. The van der Waals surface area contributed by atoms with Crippen molar-refractivity contribution in [3.8, 4) is 11.3 Å². The van der Waals surface area contributed by atoms with Crippen molar-refractivity contribution in [2.24, 2.45) is 0 Å². The summed E-state index contributed by atoms with van der Waals surface area (Å²) in [7, 11) is 0. The van der Waals surface area contributed by atoms with Crippen LogP contribution in [0.1, 0.15) is 18.6 Å². The summed E-state index contributed by atoms with van der Waals surface area (Å²) < 4.78 is 19.0. The molecule has 104 valence electrons. The van der Waals surface area contributed by atoms with Gasteiger partial charge in [0.25, 0.3) is 5.69 Å². The van der Waals surface area contributed by atoms with E-state index in [1.807, 2.05) is 0 Å². The van der Waals surface area contributed by atoms with Gasteiger partial charge in [0.2, 0.25) is 0 Å². The molecule has 1 heterocycles. The quantitative estimate of drug-likeness (QED) is 0.672. The Kier molecular flexibility index (Phi) is 3.23. The molecule has 0 amide bonds. The highest BCUT2D eigenvalue weighted by molar-refractivity contribution is 5.61. The molecule has 1 aromatic heterocycles. The summed E-state index contributed by atoms with van der Waals surface area (Å²) in [5.74, 6) is 0.516. The number of nitrogens with one attached hydrogen (secondary N) is 1. The van der Waals surface area contributed by atoms with Gasteiger partial charge in [-0.05, 0) is 31.0 Å². The molecule has 6 heteroatoms. The molecule has 2 aromatic rings. The number of nitrogens with zero attached hydrogens (tertiary/aromatic N) is 1. The zero-order valence-electron chi connectivity index (χ0n) is 10.6. The Labute approximate surface area is 114 Å². The summed E-state index contributed by atoms with van der Waals surface area (Å²) in [4.78, 5) is 10.1. The average molecular weight is 276 g/mol. The Hall–Kier alpha value is -2.21. The molecule has 0 atom stereocenters. The molecule has 1 saturated carbocycles. The fourth-order valence-electron chi connectivity index (χ4n) is 1.98. The Morgan fingerprint density at radius 1 is 1.35 bits per heavy atom. The van der Waals surface area contributed by atoms with E-state index in [-0.39, 0.29) is 5.69 Å². The number of benzene rings is 1. The van der Waals surface area contributed by atoms with Gasteiger partial charge in [-0.1, -0.05) is 0 Å². The van der Waals surface area contributed by atoms with Crippen LogP contribution < -0.4 is 5.32 Å². The predicted octanol–water partition coefficient (Wildman–Crippen LogP) is 3.25. The van der Waals surface area contributed by atoms with Crippen molar-refractivity contribution in [1.82, 2.24) is 5.32 Å². The van der Waals surface area contributed by atoms with Crippen LogP contribution in [0.5, 0.6) is 0 Å². The van der Waals surface area contributed by atoms with E-state index in [9.17, 15) is 14.5 Å². The van der Waals surface area contributed by atoms with Crippen LogP contribution >= 0.6 is 0 Å². The minimum absolute atomic E-state index is 0.283. The molecular formula is C14H13FN2O3. The van der Waals surface area contributed by atoms with Crippen molar-refractivity contribution >= 4 is 5.69 Å². The maximum atomic E-state index is 13.4. The monoisotopic (exact) mass is 276 g/mol. The first-order valence-electron chi connectivity index (χ1n) is 6.39. The number of non-ortho nitro benzene ring substituents is 1. The Morgan fingerprint density at radius 3 is 2.85 bits per heavy atom. The van der Waals surface area contributed by atoms with Crippen LogP contribution in [0.15, 0.2) is 34.7 Å². The van der Waals surface area contributed by atoms with Crippen molar-refractivity contribution < 1.29 is 13.7 Å². The third-order valence-corrected chi connectivity index (χ3v) is 3.18. The molecule has 0 saturated heterocycles. The van der Waals surface area contributed by atoms with Gasteiger partial charge in [0, 0.05) is 17.7 Å². The van der Waals surface area contributed by atoms with E-state index in [4.69, 9.17) is 4.42 Å². The standard InChI is InChI=1S/C14H13FN2O3/c15-10-5-9(6-12(7-10)17(18)19)14-4-3-13(20-14)8-16-11-1-2-11/h3-7,11,16H,1-2,8H2. The molecule has 1 N–H and O–H groups in total. The lowest BCUT2D eigenvalue weighted by molar-refractivity contribution is -0.385. The zero-order valence-corrected chi connectivity index (χ0v) is 10.6. The van der Waals surface area contributed by atoms with Gasteiger partial charge in [-0.15, -0.1) is 0 Å². The van der Waals surface area contributed by atoms with Gasteiger partial charge in [-0.2, -0.15) is 0 Å². The minimum Gasteiger partial charge on any atom is -0.460 e. The Bertz CT molecular complexity index is 650. The molecule has 0 unspecified atom stereocenters. The lowest BCUT2D eigenvalue weighted by Crippen LogP contribution is -2.14. The van der Waals surface area contributed by atoms with Crippen LogP contribution in [-0.4, -0.2) is 11.0 Å². The number of halogens is 1. The number of rotatable bonds is 5. The molecule has 0 radical (unpaired) electrons. The number of nitro groups is 1. The maximum Gasteiger partial charge on any atom is 0.273 e. The first-order valence-corrected chi connectivity index (χ1v) is 6.39. The Balaban J connectivity index is 1.82. The van der Waals surface area contributed by atoms with Crippen LogP contribution in [0.2, 0.25) is 0 Å². The molecule has 1 fully saturated rings. The van der Waals surface area contributed by atoms with Crippen molar-refractivity contribution in [2.45, 2.75) is 25.4 Å². The maximum absolute atomic E-state index is 13.4. The number of nitro benzene ring substituents is 1. The number of hydrogen-bond acceptors (Lipinski definition) is 4. The van der Waals surface area contributed by atoms with Gasteiger partial charge in [-0.3, -0.25) is 10.1 Å². The van der Waals surface area contributed by atoms with Crippen LogP contribution in [0, 0.1) is 15.9 Å². The van der Waals surface area contributed by atoms with Crippen molar-refractivity contribution in [3.05, 3.63) is 52.0 Å². The largest absolute Gasteiger partial charge is 0.460 e. The van der Waals surface area contributed by atoms with Crippen molar-refractivity contribution in [1.29, 1.82) is 0 Å². The van der Waals surface area contributed by atoms with Crippen LogP contribution in [0.4, 0.5) is 10.1 Å². The Morgan fingerprint density at radius 2 is 2.15 bits per heavy atom. The van der Waals surface area contributed by atoms with E-state index in [1.54, 1.807) is 12.1 Å². The van der Waals surface area contributed by atoms with Gasteiger partial charge >= 0.3 is 0 Å². The van der Waals surface area contributed by atoms with Gasteiger partial charge in [0.15, 0.2) is 0 Å². The fraction of sp³-hybridized carbons (Fsp3) is 0.286. The molecule has 1 aliphatic rings. The van der Waals surface area contributed by atoms with Gasteiger partial charge in [0.05, 0.1) is 17.5 Å². The molecule has 3 rings (SSSR count). The molecule has 5 nitrogen and oxygen atoms in total. The second-order valence-electron chi connectivity index (χ2n) is 4.88. The molecule has 0 spiro atoms. The van der Waals surface area contributed by atoms with E-state index in [0.29, 0.717) is 23.9 Å². The smallest absolute Gasteiger partial charge is 0.273 e. The summed E-state index contributed by atoms with van der Waals surface area (Å²) in [6.45, 7) is 0.613.